The number of aliphatic hydroxyl groups is 1. The fourth-order valence-electron chi connectivity index (χ4n) is 8.65. The number of carbonyl (C=O) groups is 9. The topological polar surface area (TPSA) is 453 Å². The Morgan fingerprint density at radius 1 is 0.679 bits per heavy atom. The first kappa shape index (κ1) is 62.2. The van der Waals surface area contributed by atoms with Crippen molar-refractivity contribution in [1.82, 2.24) is 52.8 Å². The number of aliphatic hydroxyl groups excluding tert-OH is 1. The van der Waals surface area contributed by atoms with Crippen LogP contribution in [0.25, 0.3) is 10.9 Å². The van der Waals surface area contributed by atoms with Crippen LogP contribution in [0.1, 0.15) is 89.2 Å². The molecule has 27 heteroatoms. The Kier molecular flexibility index (Phi) is 25.8. The summed E-state index contributed by atoms with van der Waals surface area (Å²) in [5.41, 5.74) is 29.9. The van der Waals surface area contributed by atoms with Crippen LogP contribution in [-0.4, -0.2) is 150 Å². The van der Waals surface area contributed by atoms with Gasteiger partial charge in [-0.05, 0) is 75.0 Å². The number of rotatable bonds is 21. The Hall–Kier alpha value is -8.33. The first-order valence-corrected chi connectivity index (χ1v) is 25.9. The SMILES string of the molecule is CC(=O)NCCCC1NC(=O)C(NC(O)C(CCCN=C(N)N)NC(C)=O)CC(=O)NCCCCC(C(N)=O)NC(=O)C(Cc2c[nH]c3ccccc23)NC(=O)C(CCCN=C(N)N)NC(=O)C(Cc2ccccc2)NC1=O. The predicted octanol–water partition coefficient (Wildman–Crippen LogP) is -3.64. The minimum absolute atomic E-state index is 0.0217. The molecule has 1 aliphatic rings. The molecule has 3 aromatic rings. The van der Waals surface area contributed by atoms with Crippen molar-refractivity contribution in [2.75, 3.05) is 26.2 Å². The number of nitrogens with zero attached hydrogens (tertiary/aromatic N) is 2. The zero-order chi connectivity index (χ0) is 57.1. The van der Waals surface area contributed by atoms with E-state index in [1.165, 1.54) is 13.8 Å². The summed E-state index contributed by atoms with van der Waals surface area (Å²) in [6.45, 7) is 2.83. The lowest BCUT2D eigenvalue weighted by Crippen LogP contribution is -2.61. The van der Waals surface area contributed by atoms with Crippen LogP contribution in [0.3, 0.4) is 0 Å². The molecular formula is C51H77N17O10. The molecule has 9 amide bonds. The molecule has 0 bridgehead atoms. The summed E-state index contributed by atoms with van der Waals surface area (Å²) in [7, 11) is 0. The van der Waals surface area contributed by atoms with Crippen molar-refractivity contribution in [1.29, 1.82) is 0 Å². The minimum atomic E-state index is -1.65. The Bertz CT molecular complexity index is 2570. The monoisotopic (exact) mass is 1090 g/mol. The minimum Gasteiger partial charge on any atom is -0.376 e. The lowest BCUT2D eigenvalue weighted by molar-refractivity contribution is -0.135. The number of hydrogen-bond acceptors (Lipinski definition) is 13. The molecule has 1 aromatic heterocycles. The van der Waals surface area contributed by atoms with Gasteiger partial charge in [-0.1, -0.05) is 48.5 Å². The number of nitrogens with one attached hydrogen (secondary N) is 10. The molecule has 4 rings (SSSR count). The number of fused-ring (bicyclic) bond motifs is 1. The van der Waals surface area contributed by atoms with Gasteiger partial charge in [-0.2, -0.15) is 0 Å². The summed E-state index contributed by atoms with van der Waals surface area (Å²) in [6, 6.07) is 6.54. The molecule has 426 valence electrons. The van der Waals surface area contributed by atoms with Crippen LogP contribution in [-0.2, 0) is 56.0 Å². The molecule has 27 nitrogen and oxygen atoms in total. The van der Waals surface area contributed by atoms with Gasteiger partial charge in [-0.15, -0.1) is 0 Å². The molecular weight excluding hydrogens is 1010 g/mol. The maximum absolute atomic E-state index is 14.7. The van der Waals surface area contributed by atoms with Crippen LogP contribution in [0, 0.1) is 0 Å². The maximum Gasteiger partial charge on any atom is 0.243 e. The van der Waals surface area contributed by atoms with Crippen LogP contribution >= 0.6 is 0 Å². The van der Waals surface area contributed by atoms with E-state index in [1.54, 1.807) is 36.5 Å². The summed E-state index contributed by atoms with van der Waals surface area (Å²) in [4.78, 5) is 135. The molecule has 1 aliphatic heterocycles. The van der Waals surface area contributed by atoms with Crippen molar-refractivity contribution < 1.29 is 48.3 Å². The highest BCUT2D eigenvalue weighted by atomic mass is 16.3. The smallest absolute Gasteiger partial charge is 0.243 e. The fourth-order valence-corrected chi connectivity index (χ4v) is 8.65. The normalized spacial score (nSPS) is 21.2. The third-order valence-electron chi connectivity index (χ3n) is 12.6. The van der Waals surface area contributed by atoms with E-state index in [1.807, 2.05) is 24.3 Å². The van der Waals surface area contributed by atoms with Crippen molar-refractivity contribution in [2.45, 2.75) is 139 Å². The van der Waals surface area contributed by atoms with Crippen molar-refractivity contribution >= 4 is 76.0 Å². The van der Waals surface area contributed by atoms with Gasteiger partial charge in [0.1, 0.15) is 36.4 Å². The van der Waals surface area contributed by atoms with E-state index < -0.39 is 102 Å². The van der Waals surface area contributed by atoms with Gasteiger partial charge in [0.25, 0.3) is 0 Å². The Balaban J connectivity index is 1.80. The standard InChI is InChI=1S/C51H77N17O10/c1-29(69)57-22-10-19-37-45(74)66-39(25-31-13-4-3-5-14-31)47(76)64-38(20-12-24-60-51(55)56)46(75)67-40(26-32-28-61-34-16-7-6-15-33(32)34)48(77)63-35(43(52)72)17-8-9-21-58-42(71)27-41(49(78)65-37)68-44(73)36(62-30(2)70)18-11-23-59-50(53)54/h3-7,13-16,28,35-41,44,61,68,73H,8-12,17-27H2,1-2H3,(H2,52,72)(H,57,69)(H,58,71)(H,62,70)(H,63,77)(H,64,76)(H,65,78)(H,66,74)(H,67,75)(H4,53,54,59)(H4,55,56,60). The number of para-hydroxylation sites is 1. The van der Waals surface area contributed by atoms with Gasteiger partial charge in [-0.3, -0.25) is 58.5 Å². The van der Waals surface area contributed by atoms with Gasteiger partial charge in [-0.25, -0.2) is 0 Å². The number of amides is 9. The Morgan fingerprint density at radius 2 is 1.26 bits per heavy atom. The summed E-state index contributed by atoms with van der Waals surface area (Å²) < 4.78 is 0. The number of guanidine groups is 2. The van der Waals surface area contributed by atoms with Crippen molar-refractivity contribution in [3.8, 4) is 0 Å². The van der Waals surface area contributed by atoms with Crippen molar-refractivity contribution in [3.63, 3.8) is 0 Å². The zero-order valence-corrected chi connectivity index (χ0v) is 44.1. The van der Waals surface area contributed by atoms with Crippen LogP contribution in [0.2, 0.25) is 0 Å². The van der Waals surface area contributed by atoms with Crippen molar-refractivity contribution in [2.24, 2.45) is 38.7 Å². The van der Waals surface area contributed by atoms with E-state index in [9.17, 15) is 48.3 Å². The Labute approximate surface area is 452 Å². The average Bonchev–Trinajstić information content (AvgIpc) is 3.81. The number of aromatic nitrogens is 1. The second-order valence-electron chi connectivity index (χ2n) is 19.0. The lowest BCUT2D eigenvalue weighted by atomic mass is 10.0. The third-order valence-corrected chi connectivity index (χ3v) is 12.6. The average molecular weight is 1090 g/mol. The molecule has 1 saturated heterocycles. The van der Waals surface area contributed by atoms with E-state index in [2.05, 4.69) is 62.8 Å². The van der Waals surface area contributed by atoms with Gasteiger partial charge in [0.2, 0.25) is 53.2 Å². The molecule has 0 spiro atoms. The molecule has 1 fully saturated rings. The number of hydrogen-bond donors (Lipinski definition) is 16. The summed E-state index contributed by atoms with van der Waals surface area (Å²) in [6.07, 6.45) is 0.261. The van der Waals surface area contributed by atoms with Crippen LogP contribution < -0.4 is 76.5 Å². The first-order chi connectivity index (χ1) is 37.2. The number of H-pyrrole nitrogens is 1. The molecule has 8 atom stereocenters. The second-order valence-corrected chi connectivity index (χ2v) is 19.0. The lowest BCUT2D eigenvalue weighted by Gasteiger charge is -2.30. The van der Waals surface area contributed by atoms with E-state index in [0.717, 1.165) is 10.9 Å². The first-order valence-electron chi connectivity index (χ1n) is 25.9. The van der Waals surface area contributed by atoms with Gasteiger partial charge < -0.3 is 81.3 Å². The zero-order valence-electron chi connectivity index (χ0n) is 44.1. The largest absolute Gasteiger partial charge is 0.376 e. The predicted molar refractivity (Wildman–Crippen MR) is 291 cm³/mol. The number of aliphatic imine (C=N–C) groups is 2. The molecule has 0 saturated carbocycles. The number of aromatic amines is 1. The van der Waals surface area contributed by atoms with Crippen LogP contribution in [0.4, 0.5) is 0 Å². The number of nitrogens with two attached hydrogens (primary N) is 5. The molecule has 8 unspecified atom stereocenters. The highest BCUT2D eigenvalue weighted by molar-refractivity contribution is 5.97. The van der Waals surface area contributed by atoms with E-state index in [4.69, 9.17) is 28.7 Å². The summed E-state index contributed by atoms with van der Waals surface area (Å²) in [5.74, 6) is -7.01. The highest BCUT2D eigenvalue weighted by Crippen LogP contribution is 2.20. The van der Waals surface area contributed by atoms with Gasteiger partial charge in [0.05, 0.1) is 18.5 Å². The van der Waals surface area contributed by atoms with E-state index in [0.29, 0.717) is 11.1 Å². The van der Waals surface area contributed by atoms with Crippen LogP contribution in [0.5, 0.6) is 0 Å². The van der Waals surface area contributed by atoms with Gasteiger partial charge in [0.15, 0.2) is 11.9 Å². The molecule has 21 N–H and O–H groups in total. The number of benzene rings is 2. The molecule has 2 aromatic carbocycles. The van der Waals surface area contributed by atoms with Gasteiger partial charge >= 0.3 is 0 Å². The summed E-state index contributed by atoms with van der Waals surface area (Å²) in [5, 5.41) is 36.6. The molecule has 78 heavy (non-hydrogen) atoms. The maximum atomic E-state index is 14.7. The summed E-state index contributed by atoms with van der Waals surface area (Å²) >= 11 is 0. The fraction of sp³-hybridized carbons (Fsp3) is 0.510. The van der Waals surface area contributed by atoms with Crippen LogP contribution in [0.15, 0.2) is 70.8 Å². The number of carbonyl (C=O) groups excluding carboxylic acids is 9. The van der Waals surface area contributed by atoms with E-state index in [-0.39, 0.29) is 115 Å². The highest BCUT2D eigenvalue weighted by Gasteiger charge is 2.35. The van der Waals surface area contributed by atoms with Gasteiger partial charge in [0, 0.05) is 70.0 Å². The molecule has 0 radical (unpaired) electrons. The van der Waals surface area contributed by atoms with Crippen molar-refractivity contribution in [3.05, 3.63) is 71.9 Å². The second kappa shape index (κ2) is 32.3. The number of primary amides is 1. The van der Waals surface area contributed by atoms with E-state index >= 15 is 0 Å². The molecule has 2 heterocycles. The Morgan fingerprint density at radius 3 is 1.90 bits per heavy atom. The quantitative estimate of drug-likeness (QED) is 0.0212. The molecule has 0 aliphatic carbocycles. The third kappa shape index (κ3) is 22.1.